The zero-order chi connectivity index (χ0) is 24.4. The zero-order valence-electron chi connectivity index (χ0n) is 19.5. The molecule has 1 unspecified atom stereocenters. The third kappa shape index (κ3) is 4.87. The van der Waals surface area contributed by atoms with Crippen LogP contribution in [0.4, 0.5) is 28.8 Å². The van der Waals surface area contributed by atoms with Gasteiger partial charge in [-0.2, -0.15) is 4.98 Å². The summed E-state index contributed by atoms with van der Waals surface area (Å²) in [5, 5.41) is 14.8. The van der Waals surface area contributed by atoms with Crippen molar-refractivity contribution in [2.45, 2.75) is 12.6 Å². The van der Waals surface area contributed by atoms with Crippen molar-refractivity contribution in [1.82, 2.24) is 9.97 Å². The van der Waals surface area contributed by atoms with E-state index in [-0.39, 0.29) is 0 Å². The predicted octanol–water partition coefficient (Wildman–Crippen LogP) is 5.70. The minimum atomic E-state index is -0.788. The molecule has 1 aliphatic heterocycles. The van der Waals surface area contributed by atoms with Gasteiger partial charge in [-0.15, -0.1) is 0 Å². The van der Waals surface area contributed by atoms with Gasteiger partial charge in [-0.1, -0.05) is 41.9 Å². The molecule has 0 spiro atoms. The molecule has 178 valence electrons. The highest BCUT2D eigenvalue weighted by molar-refractivity contribution is 6.30. The number of hydrogen-bond acceptors (Lipinski definition) is 7. The lowest BCUT2D eigenvalue weighted by molar-refractivity contribution is 0.179. The van der Waals surface area contributed by atoms with Gasteiger partial charge in [0.15, 0.2) is 12.0 Å². The van der Waals surface area contributed by atoms with Gasteiger partial charge in [-0.25, -0.2) is 4.98 Å². The fourth-order valence-electron chi connectivity index (χ4n) is 4.13. The summed E-state index contributed by atoms with van der Waals surface area (Å²) >= 11 is 6.04. The monoisotopic (exact) mass is 487 g/mol. The Bertz CT molecular complexity index is 1330. The molecule has 3 aromatic carbocycles. The Labute approximate surface area is 209 Å². The standard InChI is InChI=1S/C27H26ClN5O2/c1-32-23-9-4-3-8-22(23)26(34)33(2)24-17-29-27(31-25(24)32)30-20-10-12-21(13-11-20)35-15-14-18-6-5-7-19(28)16-18/h3-13,16-17,26,34H,14-15H2,1-2H3,(H,29,30,31). The van der Waals surface area contributed by atoms with Gasteiger partial charge in [0.25, 0.3) is 0 Å². The first-order chi connectivity index (χ1) is 17.0. The topological polar surface area (TPSA) is 73.8 Å². The molecule has 0 aliphatic carbocycles. The molecular weight excluding hydrogens is 462 g/mol. The summed E-state index contributed by atoms with van der Waals surface area (Å²) in [5.74, 6) is 1.95. The van der Waals surface area contributed by atoms with E-state index in [9.17, 15) is 5.11 Å². The number of nitrogens with zero attached hydrogens (tertiary/aromatic N) is 4. The van der Waals surface area contributed by atoms with Crippen LogP contribution in [0.1, 0.15) is 17.4 Å². The summed E-state index contributed by atoms with van der Waals surface area (Å²) in [6.07, 6.45) is 1.72. The number of rotatable bonds is 6. The molecule has 8 heteroatoms. The largest absolute Gasteiger partial charge is 0.493 e. The Hall–Kier alpha value is -3.81. The van der Waals surface area contributed by atoms with E-state index in [0.717, 1.165) is 45.4 Å². The van der Waals surface area contributed by atoms with Crippen LogP contribution < -0.4 is 19.9 Å². The van der Waals surface area contributed by atoms with Crippen molar-refractivity contribution >= 4 is 40.4 Å². The number of anilines is 5. The molecule has 0 amide bonds. The van der Waals surface area contributed by atoms with E-state index in [1.54, 1.807) is 11.1 Å². The number of aromatic nitrogens is 2. The zero-order valence-corrected chi connectivity index (χ0v) is 20.3. The molecule has 1 atom stereocenters. The fourth-order valence-corrected chi connectivity index (χ4v) is 4.34. The van der Waals surface area contributed by atoms with Crippen molar-refractivity contribution < 1.29 is 9.84 Å². The van der Waals surface area contributed by atoms with Gasteiger partial charge >= 0.3 is 0 Å². The highest BCUT2D eigenvalue weighted by atomic mass is 35.5. The van der Waals surface area contributed by atoms with Crippen LogP contribution in [0.2, 0.25) is 5.02 Å². The lowest BCUT2D eigenvalue weighted by atomic mass is 10.1. The van der Waals surface area contributed by atoms with Crippen LogP contribution in [0.15, 0.2) is 79.0 Å². The minimum Gasteiger partial charge on any atom is -0.493 e. The molecule has 0 saturated carbocycles. The molecule has 0 bridgehead atoms. The highest BCUT2D eigenvalue weighted by Crippen LogP contribution is 2.41. The number of aliphatic hydroxyl groups is 1. The van der Waals surface area contributed by atoms with Crippen molar-refractivity contribution in [2.24, 2.45) is 0 Å². The van der Waals surface area contributed by atoms with E-state index in [1.165, 1.54) is 0 Å². The third-order valence-corrected chi connectivity index (χ3v) is 6.28. The first-order valence-electron chi connectivity index (χ1n) is 11.3. The number of halogens is 1. The number of nitrogens with one attached hydrogen (secondary N) is 1. The fraction of sp³-hybridized carbons (Fsp3) is 0.185. The molecule has 2 N–H and O–H groups in total. The predicted molar refractivity (Wildman–Crippen MR) is 140 cm³/mol. The molecule has 1 aliphatic rings. The van der Waals surface area contributed by atoms with Gasteiger partial charge in [0, 0.05) is 42.5 Å². The van der Waals surface area contributed by atoms with E-state index in [1.807, 2.05) is 91.8 Å². The quantitative estimate of drug-likeness (QED) is 0.361. The van der Waals surface area contributed by atoms with Gasteiger partial charge in [0.1, 0.15) is 11.4 Å². The Balaban J connectivity index is 1.28. The summed E-state index contributed by atoms with van der Waals surface area (Å²) < 4.78 is 5.87. The second kappa shape index (κ2) is 9.82. The Morgan fingerprint density at radius 3 is 2.60 bits per heavy atom. The molecule has 1 aromatic heterocycles. The van der Waals surface area contributed by atoms with Gasteiger partial charge < -0.3 is 25.0 Å². The first kappa shape index (κ1) is 23.0. The normalized spacial score (nSPS) is 14.7. The average Bonchev–Trinajstić information content (AvgIpc) is 2.95. The lowest BCUT2D eigenvalue weighted by Crippen LogP contribution is -2.23. The van der Waals surface area contributed by atoms with Gasteiger partial charge in [-0.3, -0.25) is 0 Å². The van der Waals surface area contributed by atoms with Crippen molar-refractivity contribution in [3.8, 4) is 5.75 Å². The van der Waals surface area contributed by atoms with Crippen LogP contribution in [0.25, 0.3) is 0 Å². The smallest absolute Gasteiger partial charge is 0.229 e. The SMILES string of the molecule is CN1c2ccccc2C(O)N(C)c2cnc(Nc3ccc(OCCc4cccc(Cl)c4)cc3)nc21. The second-order valence-electron chi connectivity index (χ2n) is 8.38. The van der Waals surface area contributed by atoms with Crippen molar-refractivity contribution in [3.05, 3.63) is 95.1 Å². The van der Waals surface area contributed by atoms with E-state index in [4.69, 9.17) is 21.3 Å². The van der Waals surface area contributed by atoms with E-state index in [2.05, 4.69) is 10.3 Å². The maximum Gasteiger partial charge on any atom is 0.229 e. The molecule has 4 aromatic rings. The number of hydrogen-bond donors (Lipinski definition) is 2. The summed E-state index contributed by atoms with van der Waals surface area (Å²) in [6, 6.07) is 23.2. The lowest BCUT2D eigenvalue weighted by Gasteiger charge is -2.24. The average molecular weight is 488 g/mol. The van der Waals surface area contributed by atoms with E-state index >= 15 is 0 Å². The van der Waals surface area contributed by atoms with E-state index < -0.39 is 6.23 Å². The Morgan fingerprint density at radius 1 is 1.00 bits per heavy atom. The van der Waals surface area contributed by atoms with Crippen LogP contribution in [0.3, 0.4) is 0 Å². The number of benzene rings is 3. The molecule has 0 fully saturated rings. The van der Waals surface area contributed by atoms with Crippen molar-refractivity contribution in [3.63, 3.8) is 0 Å². The Morgan fingerprint density at radius 2 is 1.80 bits per heavy atom. The van der Waals surface area contributed by atoms with Gasteiger partial charge in [-0.05, 0) is 48.0 Å². The summed E-state index contributed by atoms with van der Waals surface area (Å²) in [7, 11) is 3.77. The van der Waals surface area contributed by atoms with E-state index in [0.29, 0.717) is 18.4 Å². The molecular formula is C27H26ClN5O2. The summed E-state index contributed by atoms with van der Waals surface area (Å²) in [6.45, 7) is 0.564. The van der Waals surface area contributed by atoms with Gasteiger partial charge in [0.05, 0.1) is 12.8 Å². The maximum absolute atomic E-state index is 10.9. The molecule has 0 saturated heterocycles. The molecule has 7 nitrogen and oxygen atoms in total. The molecule has 5 rings (SSSR count). The number of aliphatic hydroxyl groups excluding tert-OH is 1. The van der Waals surface area contributed by atoms with Crippen LogP contribution in [0, 0.1) is 0 Å². The van der Waals surface area contributed by atoms with Crippen LogP contribution in [-0.2, 0) is 6.42 Å². The highest BCUT2D eigenvalue weighted by Gasteiger charge is 2.28. The third-order valence-electron chi connectivity index (χ3n) is 6.05. The minimum absolute atomic E-state index is 0.465. The van der Waals surface area contributed by atoms with Crippen molar-refractivity contribution in [1.29, 1.82) is 0 Å². The molecule has 0 radical (unpaired) electrons. The summed E-state index contributed by atoms with van der Waals surface area (Å²) in [4.78, 5) is 13.0. The van der Waals surface area contributed by atoms with Crippen molar-refractivity contribution in [2.75, 3.05) is 35.8 Å². The Kier molecular flexibility index (Phi) is 6.44. The second-order valence-corrected chi connectivity index (χ2v) is 8.82. The van der Waals surface area contributed by atoms with Crippen LogP contribution in [-0.4, -0.2) is 35.8 Å². The number of fused-ring (bicyclic) bond motifs is 2. The van der Waals surface area contributed by atoms with Crippen LogP contribution in [0.5, 0.6) is 5.75 Å². The van der Waals surface area contributed by atoms with Gasteiger partial charge in [0.2, 0.25) is 5.95 Å². The molecule has 2 heterocycles. The summed E-state index contributed by atoms with van der Waals surface area (Å²) in [5.41, 5.74) is 4.44. The first-order valence-corrected chi connectivity index (χ1v) is 11.7. The molecule has 35 heavy (non-hydrogen) atoms. The van der Waals surface area contributed by atoms with Crippen LogP contribution >= 0.6 is 11.6 Å². The number of ether oxygens (including phenoxy) is 1. The maximum atomic E-state index is 10.9. The number of para-hydroxylation sites is 1.